The summed E-state index contributed by atoms with van der Waals surface area (Å²) in [7, 11) is 1.63. The number of hydrogen-bond acceptors (Lipinski definition) is 3. The summed E-state index contributed by atoms with van der Waals surface area (Å²) in [5.74, 6) is 1.43. The summed E-state index contributed by atoms with van der Waals surface area (Å²) in [5.41, 5.74) is 0.898. The molecule has 0 bridgehead atoms. The molecule has 0 amide bonds. The lowest BCUT2D eigenvalue weighted by Gasteiger charge is -2.15. The maximum absolute atomic E-state index is 10.1. The summed E-state index contributed by atoms with van der Waals surface area (Å²) in [6, 6.07) is 5.64. The molecule has 1 atom stereocenters. The average Bonchev–Trinajstić information content (AvgIpc) is 2.42. The third-order valence-electron chi connectivity index (χ3n) is 2.87. The monoisotopic (exact) mass is 252 g/mol. The number of benzene rings is 1. The third kappa shape index (κ3) is 4.22. The Morgan fingerprint density at radius 3 is 2.56 bits per heavy atom. The zero-order valence-electron chi connectivity index (χ0n) is 11.6. The van der Waals surface area contributed by atoms with Crippen LogP contribution in [0, 0.1) is 0 Å². The summed E-state index contributed by atoms with van der Waals surface area (Å²) in [6.07, 6.45) is 3.44. The highest BCUT2D eigenvalue weighted by atomic mass is 16.5. The fourth-order valence-electron chi connectivity index (χ4n) is 1.79. The molecule has 0 aliphatic heterocycles. The molecule has 3 heteroatoms. The summed E-state index contributed by atoms with van der Waals surface area (Å²) in [4.78, 5) is 0. The summed E-state index contributed by atoms with van der Waals surface area (Å²) in [6.45, 7) is 4.84. The highest BCUT2D eigenvalue weighted by Gasteiger charge is 2.11. The Morgan fingerprint density at radius 1 is 1.17 bits per heavy atom. The number of aliphatic hydroxyl groups excluding tert-OH is 1. The largest absolute Gasteiger partial charge is 0.493 e. The lowest BCUT2D eigenvalue weighted by Crippen LogP contribution is -2.01. The van der Waals surface area contributed by atoms with Gasteiger partial charge in [-0.1, -0.05) is 32.8 Å². The van der Waals surface area contributed by atoms with E-state index in [2.05, 4.69) is 13.8 Å². The van der Waals surface area contributed by atoms with Crippen LogP contribution in [0.1, 0.15) is 51.2 Å². The van der Waals surface area contributed by atoms with Crippen LogP contribution in [0.25, 0.3) is 0 Å². The van der Waals surface area contributed by atoms with Gasteiger partial charge in [0.1, 0.15) is 0 Å². The van der Waals surface area contributed by atoms with Gasteiger partial charge in [0.05, 0.1) is 19.8 Å². The Balaban J connectivity index is 2.80. The van der Waals surface area contributed by atoms with E-state index in [0.29, 0.717) is 12.4 Å². The SMILES string of the molecule is CCCCC(O)c1ccc(OC)c(OCCC)c1. The first-order chi connectivity index (χ1) is 8.72. The summed E-state index contributed by atoms with van der Waals surface area (Å²) < 4.78 is 10.9. The number of methoxy groups -OCH3 is 1. The van der Waals surface area contributed by atoms with Crippen molar-refractivity contribution in [3.63, 3.8) is 0 Å². The van der Waals surface area contributed by atoms with Gasteiger partial charge in [-0.25, -0.2) is 0 Å². The molecule has 0 aromatic heterocycles. The Kier molecular flexibility index (Phi) is 6.58. The molecule has 3 nitrogen and oxygen atoms in total. The second-order valence-electron chi connectivity index (χ2n) is 4.42. The minimum atomic E-state index is -0.417. The van der Waals surface area contributed by atoms with Crippen molar-refractivity contribution in [1.82, 2.24) is 0 Å². The van der Waals surface area contributed by atoms with Crippen LogP contribution in [-0.2, 0) is 0 Å². The van der Waals surface area contributed by atoms with Gasteiger partial charge in [-0.3, -0.25) is 0 Å². The van der Waals surface area contributed by atoms with Gasteiger partial charge in [-0.2, -0.15) is 0 Å². The van der Waals surface area contributed by atoms with Gasteiger partial charge >= 0.3 is 0 Å². The van der Waals surface area contributed by atoms with Crippen LogP contribution in [0.4, 0.5) is 0 Å². The van der Waals surface area contributed by atoms with Gasteiger partial charge in [-0.15, -0.1) is 0 Å². The van der Waals surface area contributed by atoms with Gasteiger partial charge in [0.25, 0.3) is 0 Å². The first-order valence-electron chi connectivity index (χ1n) is 6.71. The minimum absolute atomic E-state index is 0.417. The molecule has 18 heavy (non-hydrogen) atoms. The molecule has 0 aliphatic carbocycles. The predicted octanol–water partition coefficient (Wildman–Crippen LogP) is 3.71. The molecule has 0 radical (unpaired) electrons. The Morgan fingerprint density at radius 2 is 1.94 bits per heavy atom. The molecular formula is C15H24O3. The Bertz CT molecular complexity index is 350. The van der Waals surface area contributed by atoms with Gasteiger partial charge < -0.3 is 14.6 Å². The zero-order chi connectivity index (χ0) is 13.4. The van der Waals surface area contributed by atoms with Crippen molar-refractivity contribution in [2.75, 3.05) is 13.7 Å². The number of rotatable bonds is 8. The molecule has 1 N–H and O–H groups in total. The molecule has 0 fully saturated rings. The van der Waals surface area contributed by atoms with Crippen LogP contribution in [-0.4, -0.2) is 18.8 Å². The molecule has 0 spiro atoms. The van der Waals surface area contributed by atoms with Crippen LogP contribution >= 0.6 is 0 Å². The van der Waals surface area contributed by atoms with Gasteiger partial charge in [0.2, 0.25) is 0 Å². The Hall–Kier alpha value is -1.22. The molecular weight excluding hydrogens is 228 g/mol. The van der Waals surface area contributed by atoms with E-state index < -0.39 is 6.10 Å². The molecule has 0 saturated heterocycles. The minimum Gasteiger partial charge on any atom is -0.493 e. The highest BCUT2D eigenvalue weighted by molar-refractivity contribution is 5.43. The van der Waals surface area contributed by atoms with E-state index >= 15 is 0 Å². The highest BCUT2D eigenvalue weighted by Crippen LogP contribution is 2.31. The van der Waals surface area contributed by atoms with Gasteiger partial charge in [0, 0.05) is 0 Å². The third-order valence-corrected chi connectivity index (χ3v) is 2.87. The molecule has 1 aromatic carbocycles. The molecule has 1 rings (SSSR count). The number of hydrogen-bond donors (Lipinski definition) is 1. The van der Waals surface area contributed by atoms with E-state index in [-0.39, 0.29) is 0 Å². The predicted molar refractivity (Wildman–Crippen MR) is 73.3 cm³/mol. The standard InChI is InChI=1S/C15H24O3/c1-4-6-7-13(16)12-8-9-14(17-3)15(11-12)18-10-5-2/h8-9,11,13,16H,4-7,10H2,1-3H3. The van der Waals surface area contributed by atoms with Crippen molar-refractivity contribution in [3.05, 3.63) is 23.8 Å². The van der Waals surface area contributed by atoms with Crippen LogP contribution in [0.15, 0.2) is 18.2 Å². The molecule has 1 unspecified atom stereocenters. The van der Waals surface area contributed by atoms with Crippen molar-refractivity contribution in [2.45, 2.75) is 45.6 Å². The quantitative estimate of drug-likeness (QED) is 0.766. The molecule has 102 valence electrons. The van der Waals surface area contributed by atoms with E-state index in [4.69, 9.17) is 9.47 Å². The van der Waals surface area contributed by atoms with E-state index in [1.165, 1.54) is 0 Å². The fourth-order valence-corrected chi connectivity index (χ4v) is 1.79. The second kappa shape index (κ2) is 7.98. The van der Waals surface area contributed by atoms with Crippen molar-refractivity contribution >= 4 is 0 Å². The fraction of sp³-hybridized carbons (Fsp3) is 0.600. The van der Waals surface area contributed by atoms with Crippen molar-refractivity contribution < 1.29 is 14.6 Å². The van der Waals surface area contributed by atoms with Crippen LogP contribution < -0.4 is 9.47 Å². The van der Waals surface area contributed by atoms with Crippen molar-refractivity contribution in [3.8, 4) is 11.5 Å². The van der Waals surface area contributed by atoms with E-state index in [1.54, 1.807) is 7.11 Å². The topological polar surface area (TPSA) is 38.7 Å². The van der Waals surface area contributed by atoms with E-state index in [9.17, 15) is 5.11 Å². The maximum Gasteiger partial charge on any atom is 0.161 e. The number of ether oxygens (including phenoxy) is 2. The van der Waals surface area contributed by atoms with Crippen molar-refractivity contribution in [2.24, 2.45) is 0 Å². The Labute approximate surface area is 110 Å². The van der Waals surface area contributed by atoms with Crippen LogP contribution in [0.5, 0.6) is 11.5 Å². The normalized spacial score (nSPS) is 12.2. The van der Waals surface area contributed by atoms with Gasteiger partial charge in [-0.05, 0) is 30.5 Å². The first-order valence-corrected chi connectivity index (χ1v) is 6.71. The summed E-state index contributed by atoms with van der Waals surface area (Å²) >= 11 is 0. The van der Waals surface area contributed by atoms with E-state index in [0.717, 1.165) is 37.0 Å². The lowest BCUT2D eigenvalue weighted by molar-refractivity contribution is 0.163. The molecule has 0 heterocycles. The zero-order valence-corrected chi connectivity index (χ0v) is 11.6. The van der Waals surface area contributed by atoms with Crippen LogP contribution in [0.3, 0.4) is 0 Å². The molecule has 0 saturated carbocycles. The van der Waals surface area contributed by atoms with Gasteiger partial charge in [0.15, 0.2) is 11.5 Å². The lowest BCUT2D eigenvalue weighted by atomic mass is 10.0. The maximum atomic E-state index is 10.1. The smallest absolute Gasteiger partial charge is 0.161 e. The first kappa shape index (κ1) is 14.8. The second-order valence-corrected chi connectivity index (χ2v) is 4.42. The van der Waals surface area contributed by atoms with Crippen molar-refractivity contribution in [1.29, 1.82) is 0 Å². The average molecular weight is 252 g/mol. The van der Waals surface area contributed by atoms with Crippen LogP contribution in [0.2, 0.25) is 0 Å². The molecule has 0 aliphatic rings. The summed E-state index contributed by atoms with van der Waals surface area (Å²) in [5, 5.41) is 10.1. The number of unbranched alkanes of at least 4 members (excludes halogenated alkanes) is 1. The van der Waals surface area contributed by atoms with E-state index in [1.807, 2.05) is 18.2 Å². The molecule has 1 aromatic rings. The number of aliphatic hydroxyl groups is 1.